The van der Waals surface area contributed by atoms with Gasteiger partial charge in [0.25, 0.3) is 0 Å². The summed E-state index contributed by atoms with van der Waals surface area (Å²) in [6.45, 7) is 6.17. The van der Waals surface area contributed by atoms with Crippen LogP contribution in [0.2, 0.25) is 0 Å². The topological polar surface area (TPSA) is 65.2 Å². The van der Waals surface area contributed by atoms with Crippen LogP contribution in [-0.4, -0.2) is 22.7 Å². The quantitative estimate of drug-likeness (QED) is 0.752. The van der Waals surface area contributed by atoms with Crippen LogP contribution in [0.25, 0.3) is 0 Å². The van der Waals surface area contributed by atoms with E-state index in [1.165, 1.54) is 0 Å². The van der Waals surface area contributed by atoms with Crippen molar-refractivity contribution in [3.05, 3.63) is 11.7 Å². The molecule has 0 radical (unpaired) electrons. The summed E-state index contributed by atoms with van der Waals surface area (Å²) in [7, 11) is 0. The minimum absolute atomic E-state index is 0.201. The Kier molecular flexibility index (Phi) is 3.17. The molecule has 0 spiro atoms. The van der Waals surface area contributed by atoms with Crippen LogP contribution in [0.1, 0.15) is 57.7 Å². The van der Waals surface area contributed by atoms with Crippen molar-refractivity contribution in [2.75, 3.05) is 6.61 Å². The fourth-order valence-corrected chi connectivity index (χ4v) is 1.97. The van der Waals surface area contributed by atoms with Crippen LogP contribution in [0.5, 0.6) is 0 Å². The predicted octanol–water partition coefficient (Wildman–Crippen LogP) is 2.18. The Bertz CT molecular complexity index is 408. The lowest BCUT2D eigenvalue weighted by Crippen LogP contribution is -2.44. The van der Waals surface area contributed by atoms with Gasteiger partial charge < -0.3 is 9.26 Å². The zero-order valence-electron chi connectivity index (χ0n) is 10.5. The highest BCUT2D eigenvalue weighted by Crippen LogP contribution is 2.44. The molecule has 94 valence electrons. The number of carbonyl (C=O) groups excluding carboxylic acids is 1. The minimum Gasteiger partial charge on any atom is -0.465 e. The molecule has 1 fully saturated rings. The van der Waals surface area contributed by atoms with Gasteiger partial charge in [0.05, 0.1) is 6.61 Å². The lowest BCUT2D eigenvalue weighted by molar-refractivity contribution is -0.155. The van der Waals surface area contributed by atoms with Crippen molar-refractivity contribution >= 4 is 5.97 Å². The fourth-order valence-electron chi connectivity index (χ4n) is 1.97. The highest BCUT2D eigenvalue weighted by molar-refractivity contribution is 5.82. The summed E-state index contributed by atoms with van der Waals surface area (Å²) in [5.74, 6) is 1.04. The molecule has 0 atom stereocenters. The van der Waals surface area contributed by atoms with Gasteiger partial charge in [0, 0.05) is 5.92 Å². The van der Waals surface area contributed by atoms with Gasteiger partial charge in [-0.3, -0.25) is 4.79 Å². The molecule has 0 amide bonds. The third kappa shape index (κ3) is 1.94. The molecule has 1 aromatic rings. The van der Waals surface area contributed by atoms with Crippen molar-refractivity contribution in [3.8, 4) is 0 Å². The maximum Gasteiger partial charge on any atom is 0.321 e. The summed E-state index contributed by atoms with van der Waals surface area (Å²) in [4.78, 5) is 16.3. The molecule has 0 N–H and O–H groups in total. The van der Waals surface area contributed by atoms with E-state index in [9.17, 15) is 4.79 Å². The molecule has 1 aliphatic rings. The summed E-state index contributed by atoms with van der Waals surface area (Å²) in [6.07, 6.45) is 2.48. The van der Waals surface area contributed by atoms with E-state index in [0.717, 1.165) is 19.3 Å². The van der Waals surface area contributed by atoms with E-state index in [1.807, 2.05) is 13.8 Å². The van der Waals surface area contributed by atoms with Crippen LogP contribution in [-0.2, 0) is 14.9 Å². The van der Waals surface area contributed by atoms with E-state index < -0.39 is 5.41 Å². The standard InChI is InChI=1S/C12H18N2O3/c1-4-16-11(15)12(6-5-7-12)10-13-9(8(2)3)14-17-10/h8H,4-7H2,1-3H3. The monoisotopic (exact) mass is 238 g/mol. The maximum absolute atomic E-state index is 12.0. The molecule has 1 saturated carbocycles. The van der Waals surface area contributed by atoms with E-state index in [1.54, 1.807) is 6.92 Å². The van der Waals surface area contributed by atoms with Crippen molar-refractivity contribution in [3.63, 3.8) is 0 Å². The Morgan fingerprint density at radius 1 is 1.53 bits per heavy atom. The number of hydrogen-bond acceptors (Lipinski definition) is 5. The van der Waals surface area contributed by atoms with Crippen LogP contribution in [0, 0.1) is 0 Å². The Morgan fingerprint density at radius 2 is 2.24 bits per heavy atom. The zero-order valence-corrected chi connectivity index (χ0v) is 10.5. The van der Waals surface area contributed by atoms with Gasteiger partial charge in [0.15, 0.2) is 5.82 Å². The molecule has 5 heteroatoms. The molecule has 0 unspecified atom stereocenters. The molecular formula is C12H18N2O3. The van der Waals surface area contributed by atoms with Gasteiger partial charge in [-0.25, -0.2) is 0 Å². The highest BCUT2D eigenvalue weighted by atomic mass is 16.5. The normalized spacial score (nSPS) is 17.9. The molecule has 0 aliphatic heterocycles. The number of aromatic nitrogens is 2. The van der Waals surface area contributed by atoms with Crippen LogP contribution < -0.4 is 0 Å². The van der Waals surface area contributed by atoms with Crippen LogP contribution in [0.4, 0.5) is 0 Å². The van der Waals surface area contributed by atoms with Crippen molar-refractivity contribution in [2.24, 2.45) is 0 Å². The molecule has 1 aromatic heterocycles. The second-order valence-electron chi connectivity index (χ2n) is 4.77. The van der Waals surface area contributed by atoms with Crippen LogP contribution in [0.15, 0.2) is 4.52 Å². The van der Waals surface area contributed by atoms with Crippen LogP contribution >= 0.6 is 0 Å². The summed E-state index contributed by atoms with van der Waals surface area (Å²) < 4.78 is 10.3. The molecule has 17 heavy (non-hydrogen) atoms. The van der Waals surface area contributed by atoms with Gasteiger partial charge in [-0.05, 0) is 19.8 Å². The Balaban J connectivity index is 2.25. The fraction of sp³-hybridized carbons (Fsp3) is 0.750. The maximum atomic E-state index is 12.0. The third-order valence-corrected chi connectivity index (χ3v) is 3.24. The molecule has 1 heterocycles. The van der Waals surface area contributed by atoms with Gasteiger partial charge in [-0.15, -0.1) is 0 Å². The summed E-state index contributed by atoms with van der Waals surface area (Å²) in [6, 6.07) is 0. The lowest BCUT2D eigenvalue weighted by atomic mass is 9.68. The first-order valence-electron chi connectivity index (χ1n) is 6.11. The molecule has 2 rings (SSSR count). The average molecular weight is 238 g/mol. The van der Waals surface area contributed by atoms with E-state index in [-0.39, 0.29) is 11.9 Å². The number of ether oxygens (including phenoxy) is 1. The number of nitrogens with zero attached hydrogens (tertiary/aromatic N) is 2. The van der Waals surface area contributed by atoms with Gasteiger partial charge in [-0.1, -0.05) is 25.4 Å². The first-order chi connectivity index (χ1) is 8.10. The molecule has 0 aromatic carbocycles. The SMILES string of the molecule is CCOC(=O)C1(c2nc(C(C)C)no2)CCC1. The molecular weight excluding hydrogens is 220 g/mol. The molecule has 0 saturated heterocycles. The Labute approximate surface area is 101 Å². The second-order valence-corrected chi connectivity index (χ2v) is 4.77. The van der Waals surface area contributed by atoms with E-state index in [4.69, 9.17) is 9.26 Å². The van der Waals surface area contributed by atoms with Gasteiger partial charge in [0.2, 0.25) is 5.89 Å². The second kappa shape index (κ2) is 4.47. The Hall–Kier alpha value is -1.39. The van der Waals surface area contributed by atoms with E-state index >= 15 is 0 Å². The predicted molar refractivity (Wildman–Crippen MR) is 60.5 cm³/mol. The van der Waals surface area contributed by atoms with Gasteiger partial charge in [-0.2, -0.15) is 4.98 Å². The van der Waals surface area contributed by atoms with Crippen LogP contribution in [0.3, 0.4) is 0 Å². The molecule has 1 aliphatic carbocycles. The number of hydrogen-bond donors (Lipinski definition) is 0. The minimum atomic E-state index is -0.670. The summed E-state index contributed by atoms with van der Waals surface area (Å²) in [5.41, 5.74) is -0.670. The summed E-state index contributed by atoms with van der Waals surface area (Å²) >= 11 is 0. The third-order valence-electron chi connectivity index (χ3n) is 3.24. The van der Waals surface area contributed by atoms with Crippen molar-refractivity contribution in [1.82, 2.24) is 10.1 Å². The lowest BCUT2D eigenvalue weighted by Gasteiger charge is -2.35. The van der Waals surface area contributed by atoms with Crippen molar-refractivity contribution in [2.45, 2.75) is 51.4 Å². The number of esters is 1. The van der Waals surface area contributed by atoms with E-state index in [2.05, 4.69) is 10.1 Å². The largest absolute Gasteiger partial charge is 0.465 e. The zero-order chi connectivity index (χ0) is 12.5. The number of carbonyl (C=O) groups is 1. The van der Waals surface area contributed by atoms with Gasteiger partial charge in [0.1, 0.15) is 5.41 Å². The Morgan fingerprint density at radius 3 is 2.65 bits per heavy atom. The molecule has 0 bridgehead atoms. The first kappa shape index (κ1) is 12.1. The first-order valence-corrected chi connectivity index (χ1v) is 6.11. The highest BCUT2D eigenvalue weighted by Gasteiger charge is 2.51. The number of rotatable bonds is 4. The van der Waals surface area contributed by atoms with Gasteiger partial charge >= 0.3 is 5.97 Å². The smallest absolute Gasteiger partial charge is 0.321 e. The van der Waals surface area contributed by atoms with Crippen molar-refractivity contribution in [1.29, 1.82) is 0 Å². The molecule has 5 nitrogen and oxygen atoms in total. The summed E-state index contributed by atoms with van der Waals surface area (Å²) in [5, 5.41) is 3.91. The average Bonchev–Trinajstić information content (AvgIpc) is 2.66. The van der Waals surface area contributed by atoms with E-state index in [0.29, 0.717) is 18.3 Å². The van der Waals surface area contributed by atoms with Crippen molar-refractivity contribution < 1.29 is 14.1 Å².